The van der Waals surface area contributed by atoms with E-state index in [1.54, 1.807) is 6.08 Å². The standard InChI is InChI=1S/C79H137NO13/c1-3-5-7-9-11-13-15-17-19-21-23-25-27-29-31-32-33-34-35-36-37-39-41-43-45-47-49-51-53-55-57-59-61-63-71(84)80-67(66-90-78-76(89)74(87)77(70(65-82)92-78)93-79-75(88)73(86)72(85)69(64-81)91-79)68(83)62-60-58-56-54-52-50-48-46-44-42-40-38-30-28-26-24-22-20-18-16-14-12-10-8-6-4-2/h5,7,11,13,17,19,23,25,29,31,33-34,44,46,52,54,60,62,67-70,72-79,81-83,85-89H,3-4,6,8-10,12,14-16,18,20-22,24,26-28,30,32,35-43,45,47-51,53,55-59,61,63-66H2,1-2H3,(H,80,84)/b7-5-,13-11-,19-17-,25-23-,31-29-,34-33-,46-44+,54-52+,62-60+. The van der Waals surface area contributed by atoms with Gasteiger partial charge in [0.1, 0.15) is 48.8 Å². The van der Waals surface area contributed by atoms with Crippen LogP contribution < -0.4 is 5.32 Å². The number of hydrogen-bond donors (Lipinski definition) is 9. The van der Waals surface area contributed by atoms with Gasteiger partial charge in [-0.05, 0) is 96.3 Å². The molecule has 0 aromatic rings. The lowest BCUT2D eigenvalue weighted by molar-refractivity contribution is -0.359. The van der Waals surface area contributed by atoms with Gasteiger partial charge in [0.15, 0.2) is 12.6 Å². The van der Waals surface area contributed by atoms with Gasteiger partial charge in [-0.25, -0.2) is 0 Å². The molecule has 0 aromatic heterocycles. The molecule has 2 heterocycles. The van der Waals surface area contributed by atoms with Gasteiger partial charge in [-0.15, -0.1) is 0 Å². The van der Waals surface area contributed by atoms with Crippen molar-refractivity contribution in [1.29, 1.82) is 0 Å². The fourth-order valence-corrected chi connectivity index (χ4v) is 11.7. The summed E-state index contributed by atoms with van der Waals surface area (Å²) in [6.45, 7) is 2.69. The van der Waals surface area contributed by atoms with Gasteiger partial charge in [0.25, 0.3) is 0 Å². The lowest BCUT2D eigenvalue weighted by atomic mass is 9.97. The minimum absolute atomic E-state index is 0.255. The van der Waals surface area contributed by atoms with E-state index in [9.17, 15) is 45.6 Å². The lowest BCUT2D eigenvalue weighted by Crippen LogP contribution is -2.65. The zero-order chi connectivity index (χ0) is 67.3. The molecule has 2 aliphatic rings. The first-order chi connectivity index (χ1) is 45.6. The van der Waals surface area contributed by atoms with Gasteiger partial charge in [-0.3, -0.25) is 4.79 Å². The number of amides is 1. The number of aliphatic hydroxyl groups excluding tert-OH is 8. The average Bonchev–Trinajstić information content (AvgIpc) is 0.852. The Balaban J connectivity index is 1.67. The number of hydrogen-bond acceptors (Lipinski definition) is 13. The molecule has 2 rings (SSSR count). The van der Waals surface area contributed by atoms with E-state index in [-0.39, 0.29) is 18.9 Å². The molecule has 0 aliphatic carbocycles. The minimum atomic E-state index is -1.80. The van der Waals surface area contributed by atoms with Crippen LogP contribution in [0, 0.1) is 0 Å². The number of rotatable bonds is 61. The second kappa shape index (κ2) is 62.2. The van der Waals surface area contributed by atoms with Crippen molar-refractivity contribution in [2.45, 2.75) is 364 Å². The Labute approximate surface area is 566 Å². The molecule has 1 amide bonds. The predicted octanol–water partition coefficient (Wildman–Crippen LogP) is 16.3. The molecule has 0 aromatic carbocycles. The number of nitrogens with one attached hydrogen (secondary N) is 1. The lowest BCUT2D eigenvalue weighted by Gasteiger charge is -2.46. The van der Waals surface area contributed by atoms with Crippen LogP contribution in [0.4, 0.5) is 0 Å². The summed E-state index contributed by atoms with van der Waals surface area (Å²) in [7, 11) is 0. The maximum Gasteiger partial charge on any atom is 0.220 e. The van der Waals surface area contributed by atoms with Gasteiger partial charge in [-0.2, -0.15) is 0 Å². The third kappa shape index (κ3) is 45.7. The second-order valence-corrected chi connectivity index (χ2v) is 26.0. The quantitative estimate of drug-likeness (QED) is 0.0204. The summed E-state index contributed by atoms with van der Waals surface area (Å²) in [5, 5.41) is 87.5. The van der Waals surface area contributed by atoms with E-state index in [4.69, 9.17) is 18.9 Å². The summed E-state index contributed by atoms with van der Waals surface area (Å²) in [5.74, 6) is -0.255. The van der Waals surface area contributed by atoms with Gasteiger partial charge in [-0.1, -0.05) is 297 Å². The molecule has 0 bridgehead atoms. The van der Waals surface area contributed by atoms with Crippen molar-refractivity contribution in [2.75, 3.05) is 19.8 Å². The smallest absolute Gasteiger partial charge is 0.220 e. The molecular formula is C79H137NO13. The van der Waals surface area contributed by atoms with E-state index < -0.39 is 86.8 Å². The van der Waals surface area contributed by atoms with Crippen molar-refractivity contribution >= 4 is 5.91 Å². The van der Waals surface area contributed by atoms with Gasteiger partial charge < -0.3 is 65.1 Å². The third-order valence-electron chi connectivity index (χ3n) is 17.7. The number of allylic oxidation sites excluding steroid dienone is 17. The number of carbonyl (C=O) groups is 1. The maximum atomic E-state index is 13.4. The van der Waals surface area contributed by atoms with Crippen LogP contribution >= 0.6 is 0 Å². The first kappa shape index (κ1) is 85.7. The van der Waals surface area contributed by atoms with Crippen LogP contribution in [0.2, 0.25) is 0 Å². The Bertz CT molecular complexity index is 1980. The highest BCUT2D eigenvalue weighted by Gasteiger charge is 2.51. The first-order valence-electron chi connectivity index (χ1n) is 37.6. The minimum Gasteiger partial charge on any atom is -0.394 e. The van der Waals surface area contributed by atoms with Crippen molar-refractivity contribution in [3.8, 4) is 0 Å². The van der Waals surface area contributed by atoms with Crippen LogP contribution in [0.15, 0.2) is 109 Å². The van der Waals surface area contributed by atoms with Crippen LogP contribution in [-0.4, -0.2) is 140 Å². The van der Waals surface area contributed by atoms with Gasteiger partial charge in [0.2, 0.25) is 5.91 Å². The van der Waals surface area contributed by atoms with Gasteiger partial charge in [0, 0.05) is 6.42 Å². The molecule has 2 aliphatic heterocycles. The Morgan fingerprint density at radius 3 is 1.18 bits per heavy atom. The molecule has 2 fully saturated rings. The SMILES string of the molecule is CC/C=C\C/C=C\C/C=C\C/C=C\C/C=C\C/C=C\CCCCCCCCCCCCCCCCC(=O)NC(COC1OC(CO)C(OC2OC(CO)C(O)C(O)C2O)C(O)C1O)C(O)/C=C/CC/C=C/CC/C=C/CCCCCCCCCCCCCCCCCC. The second-order valence-electron chi connectivity index (χ2n) is 26.0. The summed E-state index contributed by atoms with van der Waals surface area (Å²) < 4.78 is 22.9. The molecule has 2 saturated heterocycles. The molecule has 0 spiro atoms. The number of carbonyl (C=O) groups excluding carboxylic acids is 1. The van der Waals surface area contributed by atoms with Gasteiger partial charge >= 0.3 is 0 Å². The highest BCUT2D eigenvalue weighted by atomic mass is 16.7. The molecule has 0 saturated carbocycles. The van der Waals surface area contributed by atoms with Crippen molar-refractivity contribution in [3.63, 3.8) is 0 Å². The molecule has 0 radical (unpaired) electrons. The normalized spacial score (nSPS) is 23.2. The third-order valence-corrected chi connectivity index (χ3v) is 17.7. The van der Waals surface area contributed by atoms with E-state index in [1.165, 1.54) is 173 Å². The summed E-state index contributed by atoms with van der Waals surface area (Å²) >= 11 is 0. The van der Waals surface area contributed by atoms with Crippen LogP contribution in [0.3, 0.4) is 0 Å². The molecule has 9 N–H and O–H groups in total. The van der Waals surface area contributed by atoms with Crippen LogP contribution in [0.1, 0.15) is 290 Å². The summed E-state index contributed by atoms with van der Waals surface area (Å²) in [6, 6.07) is -0.946. The molecule has 14 nitrogen and oxygen atoms in total. The Hall–Kier alpha value is -3.35. The van der Waals surface area contributed by atoms with Crippen LogP contribution in [-0.2, 0) is 23.7 Å². The predicted molar refractivity (Wildman–Crippen MR) is 382 cm³/mol. The largest absolute Gasteiger partial charge is 0.394 e. The zero-order valence-electron chi connectivity index (χ0n) is 58.5. The summed E-state index contributed by atoms with van der Waals surface area (Å²) in [6.07, 6.45) is 72.9. The van der Waals surface area contributed by atoms with Gasteiger partial charge in [0.05, 0.1) is 32.0 Å². The highest BCUT2D eigenvalue weighted by molar-refractivity contribution is 5.76. The van der Waals surface area contributed by atoms with E-state index in [0.29, 0.717) is 12.8 Å². The number of unbranched alkanes of at least 4 members (excludes halogenated alkanes) is 32. The Morgan fingerprint density at radius 1 is 0.398 bits per heavy atom. The van der Waals surface area contributed by atoms with Crippen molar-refractivity contribution in [1.82, 2.24) is 5.32 Å². The van der Waals surface area contributed by atoms with Crippen molar-refractivity contribution in [3.05, 3.63) is 109 Å². The Kier molecular flexibility index (Phi) is 57.3. The number of aliphatic hydroxyl groups is 8. The zero-order valence-corrected chi connectivity index (χ0v) is 58.5. The van der Waals surface area contributed by atoms with Crippen molar-refractivity contribution < 1.29 is 64.6 Å². The highest BCUT2D eigenvalue weighted by Crippen LogP contribution is 2.30. The van der Waals surface area contributed by atoms with Crippen LogP contribution in [0.5, 0.6) is 0 Å². The van der Waals surface area contributed by atoms with Crippen LogP contribution in [0.25, 0.3) is 0 Å². The number of ether oxygens (including phenoxy) is 4. The van der Waals surface area contributed by atoms with Crippen molar-refractivity contribution in [2.24, 2.45) is 0 Å². The molecule has 93 heavy (non-hydrogen) atoms. The fourth-order valence-electron chi connectivity index (χ4n) is 11.7. The van der Waals surface area contributed by atoms with E-state index in [2.05, 4.69) is 116 Å². The molecule has 14 heteroatoms. The molecular weight excluding hydrogens is 1170 g/mol. The topological polar surface area (TPSA) is 228 Å². The summed E-state index contributed by atoms with van der Waals surface area (Å²) in [5.41, 5.74) is 0. The molecule has 12 atom stereocenters. The van der Waals surface area contributed by atoms with E-state index in [1.807, 2.05) is 6.08 Å². The first-order valence-corrected chi connectivity index (χ1v) is 37.6. The summed E-state index contributed by atoms with van der Waals surface area (Å²) in [4.78, 5) is 13.4. The maximum absolute atomic E-state index is 13.4. The van der Waals surface area contributed by atoms with E-state index in [0.717, 1.165) is 83.5 Å². The fraction of sp³-hybridized carbons (Fsp3) is 0.759. The monoisotopic (exact) mass is 1310 g/mol. The molecule has 12 unspecified atom stereocenters. The average molecular weight is 1310 g/mol. The van der Waals surface area contributed by atoms with E-state index >= 15 is 0 Å². The Morgan fingerprint density at radius 2 is 0.753 bits per heavy atom. The molecule has 536 valence electrons.